The molecule has 1 N–H and O–H groups in total. The minimum Gasteiger partial charge on any atom is -0.351 e. The molecule has 1 amide bonds. The molecule has 0 unspecified atom stereocenters. The number of halogens is 1. The maximum atomic E-state index is 13.6. The molecular weight excluding hydrogens is 451 g/mol. The lowest BCUT2D eigenvalue weighted by molar-refractivity contribution is 0.0945. The number of aryl methyl sites for hydroxylation is 1. The monoisotopic (exact) mass is 478 g/mol. The van der Waals surface area contributed by atoms with Crippen molar-refractivity contribution in [1.82, 2.24) is 19.7 Å². The Kier molecular flexibility index (Phi) is 6.76. The van der Waals surface area contributed by atoms with Crippen LogP contribution in [0.15, 0.2) is 109 Å². The van der Waals surface area contributed by atoms with Gasteiger partial charge in [-0.2, -0.15) is 5.10 Å². The summed E-state index contributed by atoms with van der Waals surface area (Å²) in [5.74, 6) is -0.409. The second kappa shape index (κ2) is 10.4. The molecule has 2 aromatic heterocycles. The van der Waals surface area contributed by atoms with Crippen LogP contribution >= 0.6 is 0 Å². The van der Waals surface area contributed by atoms with E-state index >= 15 is 0 Å². The number of hydrogen-bond donors (Lipinski definition) is 1. The Morgan fingerprint density at radius 1 is 0.889 bits per heavy atom. The number of benzene rings is 3. The minimum absolute atomic E-state index is 0.161. The number of nitrogens with one attached hydrogen (secondary N) is 1. The molecule has 180 valence electrons. The molecule has 0 aliphatic carbocycles. The summed E-state index contributed by atoms with van der Waals surface area (Å²) in [5, 5.41) is 7.77. The van der Waals surface area contributed by atoms with Crippen molar-refractivity contribution in [3.8, 4) is 17.1 Å². The molecule has 36 heavy (non-hydrogen) atoms. The van der Waals surface area contributed by atoms with Crippen LogP contribution in [0.5, 0.6) is 0 Å². The van der Waals surface area contributed by atoms with Crippen LogP contribution in [0.3, 0.4) is 0 Å². The summed E-state index contributed by atoms with van der Waals surface area (Å²) in [5.41, 5.74) is 4.99. The first kappa shape index (κ1) is 23.3. The summed E-state index contributed by atoms with van der Waals surface area (Å²) in [6.45, 7) is 0.487. The van der Waals surface area contributed by atoms with Crippen molar-refractivity contribution in [2.45, 2.75) is 12.3 Å². The van der Waals surface area contributed by atoms with E-state index in [1.807, 2.05) is 66.3 Å². The van der Waals surface area contributed by atoms with Crippen molar-refractivity contribution in [3.63, 3.8) is 0 Å². The molecule has 0 radical (unpaired) electrons. The van der Waals surface area contributed by atoms with E-state index in [1.54, 1.807) is 22.9 Å². The zero-order valence-electron chi connectivity index (χ0n) is 20.0. The standard InChI is InChI=1S/C30H27FN4O/c1-34-20-8-13-28(34)27-21-29(35(33-27)25-16-14-24(31)15-17-25)30(36)32-19-18-26(22-9-4-2-5-10-22)23-11-6-3-7-12-23/h2-17,20-21,26H,18-19H2,1H3,(H,32,36). The van der Waals surface area contributed by atoms with Gasteiger partial charge in [-0.05, 0) is 60.0 Å². The van der Waals surface area contributed by atoms with E-state index in [1.165, 1.54) is 23.3 Å². The Labute approximate surface area is 209 Å². The largest absolute Gasteiger partial charge is 0.351 e. The molecule has 0 aliphatic rings. The molecule has 6 heteroatoms. The zero-order valence-corrected chi connectivity index (χ0v) is 20.0. The summed E-state index contributed by atoms with van der Waals surface area (Å²) in [7, 11) is 1.93. The highest BCUT2D eigenvalue weighted by Gasteiger charge is 2.20. The lowest BCUT2D eigenvalue weighted by Gasteiger charge is -2.18. The summed E-state index contributed by atoms with van der Waals surface area (Å²) in [6.07, 6.45) is 2.68. The molecule has 5 aromatic rings. The van der Waals surface area contributed by atoms with Gasteiger partial charge in [0.2, 0.25) is 0 Å². The Morgan fingerprint density at radius 2 is 1.53 bits per heavy atom. The van der Waals surface area contributed by atoms with Crippen molar-refractivity contribution < 1.29 is 9.18 Å². The van der Waals surface area contributed by atoms with Gasteiger partial charge in [-0.3, -0.25) is 4.79 Å². The van der Waals surface area contributed by atoms with Crippen LogP contribution in [0.2, 0.25) is 0 Å². The second-order valence-electron chi connectivity index (χ2n) is 8.73. The summed E-state index contributed by atoms with van der Waals surface area (Å²) in [6, 6.07) is 32.3. The number of carbonyl (C=O) groups is 1. The van der Waals surface area contributed by atoms with Gasteiger partial charge in [-0.25, -0.2) is 9.07 Å². The molecule has 0 spiro atoms. The molecule has 5 nitrogen and oxygen atoms in total. The van der Waals surface area contributed by atoms with Crippen molar-refractivity contribution in [2.75, 3.05) is 6.54 Å². The van der Waals surface area contributed by atoms with E-state index in [0.717, 1.165) is 12.1 Å². The van der Waals surface area contributed by atoms with Gasteiger partial charge >= 0.3 is 0 Å². The second-order valence-corrected chi connectivity index (χ2v) is 8.73. The van der Waals surface area contributed by atoms with Crippen LogP contribution in [0, 0.1) is 5.82 Å². The number of hydrogen-bond acceptors (Lipinski definition) is 2. The first-order valence-electron chi connectivity index (χ1n) is 12.0. The molecule has 3 aromatic carbocycles. The average molecular weight is 479 g/mol. The van der Waals surface area contributed by atoms with Gasteiger partial charge in [0.25, 0.3) is 5.91 Å². The highest BCUT2D eigenvalue weighted by molar-refractivity contribution is 5.94. The van der Waals surface area contributed by atoms with Crippen LogP contribution in [0.25, 0.3) is 17.1 Å². The fourth-order valence-electron chi connectivity index (χ4n) is 4.49. The quantitative estimate of drug-likeness (QED) is 0.299. The van der Waals surface area contributed by atoms with Crippen molar-refractivity contribution in [3.05, 3.63) is 132 Å². The number of aromatic nitrogens is 3. The molecule has 0 bridgehead atoms. The summed E-state index contributed by atoms with van der Waals surface area (Å²) in [4.78, 5) is 13.4. The molecule has 0 fully saturated rings. The molecule has 5 rings (SSSR count). The van der Waals surface area contributed by atoms with E-state index in [9.17, 15) is 9.18 Å². The maximum Gasteiger partial charge on any atom is 0.270 e. The zero-order chi connectivity index (χ0) is 24.9. The van der Waals surface area contributed by atoms with Gasteiger partial charge < -0.3 is 9.88 Å². The van der Waals surface area contributed by atoms with Crippen LogP contribution in [-0.4, -0.2) is 26.8 Å². The summed E-state index contributed by atoms with van der Waals surface area (Å²) < 4.78 is 17.1. The van der Waals surface area contributed by atoms with E-state index < -0.39 is 0 Å². The van der Waals surface area contributed by atoms with Gasteiger partial charge in [0.15, 0.2) is 0 Å². The van der Waals surface area contributed by atoms with Gasteiger partial charge in [0.1, 0.15) is 17.2 Å². The summed E-state index contributed by atoms with van der Waals surface area (Å²) >= 11 is 0. The number of nitrogens with zero attached hydrogens (tertiary/aromatic N) is 3. The molecule has 0 saturated heterocycles. The van der Waals surface area contributed by atoms with Crippen molar-refractivity contribution in [1.29, 1.82) is 0 Å². The van der Waals surface area contributed by atoms with Crippen LogP contribution in [-0.2, 0) is 7.05 Å². The smallest absolute Gasteiger partial charge is 0.270 e. The Morgan fingerprint density at radius 3 is 2.11 bits per heavy atom. The third-order valence-corrected chi connectivity index (χ3v) is 6.34. The fraction of sp³-hybridized carbons (Fsp3) is 0.133. The fourth-order valence-corrected chi connectivity index (χ4v) is 4.49. The Hall–Kier alpha value is -4.45. The van der Waals surface area contributed by atoms with Gasteiger partial charge in [0.05, 0.1) is 11.4 Å². The molecule has 2 heterocycles. The minimum atomic E-state index is -0.340. The van der Waals surface area contributed by atoms with Gasteiger partial charge in [0, 0.05) is 25.7 Å². The predicted octanol–water partition coefficient (Wildman–Crippen LogP) is 5.97. The average Bonchev–Trinajstić information content (AvgIpc) is 3.54. The van der Waals surface area contributed by atoms with Crippen molar-refractivity contribution in [2.24, 2.45) is 7.05 Å². The third-order valence-electron chi connectivity index (χ3n) is 6.34. The number of rotatable bonds is 8. The normalized spacial score (nSPS) is 11.1. The lowest BCUT2D eigenvalue weighted by Crippen LogP contribution is -2.28. The van der Waals surface area contributed by atoms with Crippen LogP contribution in [0.1, 0.15) is 34.0 Å². The highest BCUT2D eigenvalue weighted by atomic mass is 19.1. The van der Waals surface area contributed by atoms with Crippen molar-refractivity contribution >= 4 is 5.91 Å². The van der Waals surface area contributed by atoms with Gasteiger partial charge in [-0.15, -0.1) is 0 Å². The maximum absolute atomic E-state index is 13.6. The lowest BCUT2D eigenvalue weighted by atomic mass is 9.88. The Balaban J connectivity index is 1.39. The first-order valence-corrected chi connectivity index (χ1v) is 12.0. The van der Waals surface area contributed by atoms with Crippen LogP contribution < -0.4 is 5.32 Å². The molecular formula is C30H27FN4O. The molecule has 0 aliphatic heterocycles. The third kappa shape index (κ3) is 4.98. The predicted molar refractivity (Wildman–Crippen MR) is 140 cm³/mol. The van der Waals surface area contributed by atoms with Crippen LogP contribution in [0.4, 0.5) is 4.39 Å². The van der Waals surface area contributed by atoms with E-state index in [2.05, 4.69) is 34.7 Å². The SMILES string of the molecule is Cn1cccc1-c1cc(C(=O)NCCC(c2ccccc2)c2ccccc2)n(-c2ccc(F)cc2)n1. The molecule has 0 atom stereocenters. The van der Waals surface area contributed by atoms with Gasteiger partial charge in [-0.1, -0.05) is 60.7 Å². The highest BCUT2D eigenvalue weighted by Crippen LogP contribution is 2.28. The number of carbonyl (C=O) groups excluding carboxylic acids is 1. The Bertz CT molecular complexity index is 1400. The van der Waals surface area contributed by atoms with E-state index in [4.69, 9.17) is 0 Å². The topological polar surface area (TPSA) is 51.9 Å². The van der Waals surface area contributed by atoms with E-state index in [-0.39, 0.29) is 17.6 Å². The number of amides is 1. The first-order chi connectivity index (χ1) is 17.6. The van der Waals surface area contributed by atoms with E-state index in [0.29, 0.717) is 23.6 Å². The molecule has 0 saturated carbocycles.